The van der Waals surface area contributed by atoms with Crippen molar-refractivity contribution in [2.75, 3.05) is 5.43 Å². The van der Waals surface area contributed by atoms with Crippen LogP contribution in [0.15, 0.2) is 95.1 Å². The van der Waals surface area contributed by atoms with E-state index in [0.29, 0.717) is 30.3 Å². The fourth-order valence-corrected chi connectivity index (χ4v) is 4.77. The van der Waals surface area contributed by atoms with Crippen molar-refractivity contribution < 1.29 is 9.53 Å². The van der Waals surface area contributed by atoms with Crippen LogP contribution in [0.1, 0.15) is 22.4 Å². The molecule has 5 rings (SSSR count). The van der Waals surface area contributed by atoms with Crippen LogP contribution in [0.4, 0.5) is 5.69 Å². The molecule has 7 nitrogen and oxygen atoms in total. The van der Waals surface area contributed by atoms with Gasteiger partial charge in [0, 0.05) is 10.4 Å². The number of carbonyl (C=O) groups excluding carboxylic acids is 1. The molecule has 1 aliphatic heterocycles. The summed E-state index contributed by atoms with van der Waals surface area (Å²) in [4.78, 5) is 19.0. The molecule has 1 N–H and O–H groups in total. The normalized spacial score (nSPS) is 14.3. The number of aromatic nitrogens is 1. The molecule has 0 spiro atoms. The predicted octanol–water partition coefficient (Wildman–Crippen LogP) is 5.88. The first-order valence-electron chi connectivity index (χ1n) is 11.6. The number of para-hydroxylation sites is 2. The SMILES string of the molecule is CC1=NN(Cc2nc(-c3ccccc3)c(C)s2)C(=O)/C1=N/Nc1ccccc1OCc1ccccc1. The lowest BCUT2D eigenvalue weighted by Crippen LogP contribution is -2.27. The Kier molecular flexibility index (Phi) is 6.86. The third-order valence-corrected chi connectivity index (χ3v) is 6.59. The van der Waals surface area contributed by atoms with E-state index in [0.717, 1.165) is 26.7 Å². The Hall–Kier alpha value is -4.30. The molecule has 0 saturated carbocycles. The smallest absolute Gasteiger partial charge is 0.296 e. The first kappa shape index (κ1) is 23.4. The Balaban J connectivity index is 1.27. The molecule has 1 aromatic heterocycles. The number of thiazole rings is 1. The Morgan fingerprint density at radius 2 is 1.64 bits per heavy atom. The Morgan fingerprint density at radius 3 is 2.42 bits per heavy atom. The zero-order valence-corrected chi connectivity index (χ0v) is 20.8. The fourth-order valence-electron chi connectivity index (χ4n) is 3.83. The van der Waals surface area contributed by atoms with Crippen molar-refractivity contribution in [1.82, 2.24) is 9.99 Å². The zero-order valence-electron chi connectivity index (χ0n) is 20.0. The average Bonchev–Trinajstić information content (AvgIpc) is 3.40. The number of rotatable bonds is 8. The highest BCUT2D eigenvalue weighted by Crippen LogP contribution is 2.29. The van der Waals surface area contributed by atoms with Crippen LogP contribution >= 0.6 is 11.3 Å². The minimum absolute atomic E-state index is 0.267. The molecule has 36 heavy (non-hydrogen) atoms. The summed E-state index contributed by atoms with van der Waals surface area (Å²) in [6.07, 6.45) is 0. The average molecular weight is 496 g/mol. The van der Waals surface area contributed by atoms with Gasteiger partial charge in [-0.1, -0.05) is 72.8 Å². The van der Waals surface area contributed by atoms with Gasteiger partial charge in [-0.15, -0.1) is 11.3 Å². The monoisotopic (exact) mass is 495 g/mol. The van der Waals surface area contributed by atoms with Gasteiger partial charge in [0.1, 0.15) is 17.4 Å². The van der Waals surface area contributed by atoms with E-state index in [4.69, 9.17) is 9.72 Å². The minimum Gasteiger partial charge on any atom is -0.487 e. The second-order valence-electron chi connectivity index (χ2n) is 8.27. The predicted molar refractivity (Wildman–Crippen MR) is 144 cm³/mol. The van der Waals surface area contributed by atoms with E-state index in [1.807, 2.05) is 91.9 Å². The molecule has 2 heterocycles. The molecule has 0 saturated heterocycles. The number of hydrogen-bond acceptors (Lipinski definition) is 7. The quantitative estimate of drug-likeness (QED) is 0.310. The van der Waals surface area contributed by atoms with Crippen molar-refractivity contribution in [3.8, 4) is 17.0 Å². The van der Waals surface area contributed by atoms with E-state index in [1.165, 1.54) is 5.01 Å². The second kappa shape index (κ2) is 10.5. The van der Waals surface area contributed by atoms with Crippen LogP contribution in [0.5, 0.6) is 5.75 Å². The second-order valence-corrected chi connectivity index (χ2v) is 9.56. The van der Waals surface area contributed by atoms with E-state index in [2.05, 4.69) is 15.6 Å². The molecule has 0 fully saturated rings. The van der Waals surface area contributed by atoms with Gasteiger partial charge in [0.25, 0.3) is 5.91 Å². The summed E-state index contributed by atoms with van der Waals surface area (Å²) < 4.78 is 5.98. The van der Waals surface area contributed by atoms with Crippen LogP contribution in [-0.4, -0.2) is 27.3 Å². The summed E-state index contributed by atoms with van der Waals surface area (Å²) in [6.45, 7) is 4.54. The van der Waals surface area contributed by atoms with E-state index >= 15 is 0 Å². The van der Waals surface area contributed by atoms with Gasteiger partial charge in [-0.05, 0) is 31.5 Å². The maximum Gasteiger partial charge on any atom is 0.296 e. The molecular formula is C28H25N5O2S. The highest BCUT2D eigenvalue weighted by atomic mass is 32.1. The summed E-state index contributed by atoms with van der Waals surface area (Å²) in [5, 5.41) is 11.1. The number of amides is 1. The topological polar surface area (TPSA) is 79.2 Å². The van der Waals surface area contributed by atoms with Crippen LogP contribution in [0.2, 0.25) is 0 Å². The molecule has 8 heteroatoms. The van der Waals surface area contributed by atoms with E-state index in [-0.39, 0.29) is 11.6 Å². The summed E-state index contributed by atoms with van der Waals surface area (Å²) in [5.74, 6) is 0.381. The molecule has 0 unspecified atom stereocenters. The molecule has 180 valence electrons. The van der Waals surface area contributed by atoms with Crippen molar-refractivity contribution in [2.24, 2.45) is 10.2 Å². The number of nitrogens with zero attached hydrogens (tertiary/aromatic N) is 4. The lowest BCUT2D eigenvalue weighted by atomic mass is 10.1. The van der Waals surface area contributed by atoms with Gasteiger partial charge in [0.05, 0.1) is 23.6 Å². The van der Waals surface area contributed by atoms with Gasteiger partial charge in [0.15, 0.2) is 5.71 Å². The summed E-state index contributed by atoms with van der Waals surface area (Å²) >= 11 is 1.57. The number of hydrogen-bond donors (Lipinski definition) is 1. The third-order valence-electron chi connectivity index (χ3n) is 5.64. The zero-order chi connectivity index (χ0) is 24.9. The molecule has 0 atom stereocenters. The number of ether oxygens (including phenoxy) is 1. The standard InChI is InChI=1S/C28H25N5O2S/c1-19-26(31-30-23-15-9-10-16-24(23)35-18-21-11-5-3-6-12-21)28(34)33(32-19)17-25-29-27(20(2)36-25)22-13-7-4-8-14-22/h3-16,30H,17-18H2,1-2H3/b31-26+. The van der Waals surface area contributed by atoms with Gasteiger partial charge < -0.3 is 4.74 Å². The molecule has 4 aromatic rings. The molecule has 0 aliphatic carbocycles. The van der Waals surface area contributed by atoms with Crippen molar-refractivity contribution in [1.29, 1.82) is 0 Å². The van der Waals surface area contributed by atoms with Crippen molar-refractivity contribution in [3.05, 3.63) is 100 Å². The van der Waals surface area contributed by atoms with E-state index in [1.54, 1.807) is 18.3 Å². The maximum absolute atomic E-state index is 13.1. The summed E-state index contributed by atoms with van der Waals surface area (Å²) in [6, 6.07) is 27.5. The lowest BCUT2D eigenvalue weighted by molar-refractivity contribution is -0.123. The number of anilines is 1. The lowest BCUT2D eigenvalue weighted by Gasteiger charge is -2.11. The molecule has 3 aromatic carbocycles. The molecular weight excluding hydrogens is 470 g/mol. The van der Waals surface area contributed by atoms with Crippen molar-refractivity contribution in [3.63, 3.8) is 0 Å². The maximum atomic E-state index is 13.1. The van der Waals surface area contributed by atoms with Crippen LogP contribution in [-0.2, 0) is 17.9 Å². The summed E-state index contributed by atoms with van der Waals surface area (Å²) in [5.41, 5.74) is 7.54. The molecule has 0 bridgehead atoms. The van der Waals surface area contributed by atoms with Crippen LogP contribution in [0.25, 0.3) is 11.3 Å². The summed E-state index contributed by atoms with van der Waals surface area (Å²) in [7, 11) is 0. The van der Waals surface area contributed by atoms with E-state index in [9.17, 15) is 4.79 Å². The number of aryl methyl sites for hydroxylation is 1. The van der Waals surface area contributed by atoms with Gasteiger partial charge in [0.2, 0.25) is 0 Å². The van der Waals surface area contributed by atoms with E-state index < -0.39 is 0 Å². The highest BCUT2D eigenvalue weighted by Gasteiger charge is 2.30. The Labute approximate surface area is 213 Å². The number of carbonyl (C=O) groups is 1. The largest absolute Gasteiger partial charge is 0.487 e. The highest BCUT2D eigenvalue weighted by molar-refractivity contribution is 7.12. The van der Waals surface area contributed by atoms with Gasteiger partial charge >= 0.3 is 0 Å². The van der Waals surface area contributed by atoms with Gasteiger partial charge in [-0.25, -0.2) is 9.99 Å². The van der Waals surface area contributed by atoms with Crippen LogP contribution in [0, 0.1) is 6.92 Å². The minimum atomic E-state index is -0.267. The number of benzene rings is 3. The van der Waals surface area contributed by atoms with Gasteiger partial charge in [-0.3, -0.25) is 10.2 Å². The first-order valence-corrected chi connectivity index (χ1v) is 12.4. The molecule has 0 radical (unpaired) electrons. The van der Waals surface area contributed by atoms with Crippen LogP contribution in [0.3, 0.4) is 0 Å². The van der Waals surface area contributed by atoms with Crippen molar-refractivity contribution in [2.45, 2.75) is 27.0 Å². The Bertz CT molecular complexity index is 1430. The number of nitrogens with one attached hydrogen (secondary N) is 1. The molecule has 1 amide bonds. The van der Waals surface area contributed by atoms with Crippen molar-refractivity contribution >= 4 is 34.4 Å². The Morgan fingerprint density at radius 1 is 0.944 bits per heavy atom. The van der Waals surface area contributed by atoms with Gasteiger partial charge in [-0.2, -0.15) is 10.2 Å². The first-order chi connectivity index (χ1) is 17.6. The third kappa shape index (κ3) is 5.18. The molecule has 1 aliphatic rings. The number of hydrazone groups is 2. The van der Waals surface area contributed by atoms with Crippen LogP contribution < -0.4 is 10.2 Å². The fraction of sp³-hybridized carbons (Fsp3) is 0.143.